The summed E-state index contributed by atoms with van der Waals surface area (Å²) in [5.41, 5.74) is 0.598. The highest BCUT2D eigenvalue weighted by molar-refractivity contribution is 9.10. The monoisotopic (exact) mass is 346 g/mol. The van der Waals surface area contributed by atoms with Gasteiger partial charge in [0.25, 0.3) is 0 Å². The largest absolute Gasteiger partial charge is 0.480 e. The van der Waals surface area contributed by atoms with Gasteiger partial charge in [-0.15, -0.1) is 0 Å². The summed E-state index contributed by atoms with van der Waals surface area (Å²) in [4.78, 5) is 22.7. The number of benzene rings is 1. The molecule has 0 saturated heterocycles. The molecule has 1 aromatic carbocycles. The predicted octanol–water partition coefficient (Wildman–Crippen LogP) is 2.78. The van der Waals surface area contributed by atoms with E-state index in [0.717, 1.165) is 4.47 Å². The zero-order valence-electron chi connectivity index (χ0n) is 10.4. The summed E-state index contributed by atoms with van der Waals surface area (Å²) in [5, 5.41) is 14.0. The van der Waals surface area contributed by atoms with E-state index in [1.165, 1.54) is 11.8 Å². The molecule has 0 spiro atoms. The fourth-order valence-corrected chi connectivity index (χ4v) is 2.26. The van der Waals surface area contributed by atoms with Crippen molar-refractivity contribution in [1.82, 2.24) is 5.32 Å². The van der Waals surface area contributed by atoms with Gasteiger partial charge in [-0.05, 0) is 36.6 Å². The van der Waals surface area contributed by atoms with Gasteiger partial charge in [-0.25, -0.2) is 9.59 Å². The zero-order chi connectivity index (χ0) is 14.3. The summed E-state index contributed by atoms with van der Waals surface area (Å²) in [6, 6.07) is 5.68. The van der Waals surface area contributed by atoms with Crippen molar-refractivity contribution < 1.29 is 14.7 Å². The normalized spacial score (nSPS) is 11.7. The van der Waals surface area contributed by atoms with Crippen LogP contribution in [0.3, 0.4) is 0 Å². The number of carboxylic acids is 1. The van der Waals surface area contributed by atoms with Crippen molar-refractivity contribution in [3.05, 3.63) is 28.7 Å². The molecule has 7 heteroatoms. The van der Waals surface area contributed by atoms with Gasteiger partial charge in [0.15, 0.2) is 0 Å². The molecule has 0 heterocycles. The molecule has 3 N–H and O–H groups in total. The summed E-state index contributed by atoms with van der Waals surface area (Å²) in [5.74, 6) is -0.354. The van der Waals surface area contributed by atoms with Crippen LogP contribution in [0.25, 0.3) is 0 Å². The summed E-state index contributed by atoms with van der Waals surface area (Å²) < 4.78 is 0.836. The molecule has 104 valence electrons. The van der Waals surface area contributed by atoms with E-state index in [2.05, 4.69) is 26.6 Å². The second-order valence-electron chi connectivity index (χ2n) is 3.78. The van der Waals surface area contributed by atoms with Crippen molar-refractivity contribution in [3.63, 3.8) is 0 Å². The van der Waals surface area contributed by atoms with Crippen LogP contribution in [0.5, 0.6) is 0 Å². The zero-order valence-corrected chi connectivity index (χ0v) is 12.8. The Morgan fingerprint density at radius 1 is 1.47 bits per heavy atom. The third kappa shape index (κ3) is 5.98. The molecule has 0 aliphatic carbocycles. The lowest BCUT2D eigenvalue weighted by Crippen LogP contribution is -2.43. The Labute approximate surface area is 124 Å². The van der Waals surface area contributed by atoms with Crippen molar-refractivity contribution in [3.8, 4) is 0 Å². The fourth-order valence-electron chi connectivity index (χ4n) is 1.38. The van der Waals surface area contributed by atoms with E-state index in [0.29, 0.717) is 17.9 Å². The number of halogens is 1. The Morgan fingerprint density at radius 2 is 2.21 bits per heavy atom. The number of hydrogen-bond acceptors (Lipinski definition) is 3. The molecular formula is C12H15BrN2O3S. The summed E-state index contributed by atoms with van der Waals surface area (Å²) in [7, 11) is 0. The van der Waals surface area contributed by atoms with Crippen LogP contribution in [0.15, 0.2) is 28.7 Å². The van der Waals surface area contributed by atoms with E-state index in [1.54, 1.807) is 18.2 Å². The molecular weight excluding hydrogens is 332 g/mol. The highest BCUT2D eigenvalue weighted by Crippen LogP contribution is 2.15. The Balaban J connectivity index is 2.55. The van der Waals surface area contributed by atoms with Gasteiger partial charge in [0.2, 0.25) is 0 Å². The first-order chi connectivity index (χ1) is 9.02. The molecule has 1 atom stereocenters. The third-order valence-corrected chi connectivity index (χ3v) is 3.43. The Kier molecular flexibility index (Phi) is 6.72. The molecule has 0 unspecified atom stereocenters. The van der Waals surface area contributed by atoms with Crippen molar-refractivity contribution in [2.75, 3.05) is 17.3 Å². The molecule has 0 aliphatic heterocycles. The first kappa shape index (κ1) is 15.8. The van der Waals surface area contributed by atoms with Gasteiger partial charge >= 0.3 is 12.0 Å². The maximum Gasteiger partial charge on any atom is 0.326 e. The number of hydrogen-bond donors (Lipinski definition) is 3. The number of anilines is 1. The lowest BCUT2D eigenvalue weighted by atomic mass is 10.2. The maximum atomic E-state index is 11.7. The summed E-state index contributed by atoms with van der Waals surface area (Å²) >= 11 is 4.83. The van der Waals surface area contributed by atoms with E-state index < -0.39 is 18.0 Å². The maximum absolute atomic E-state index is 11.7. The van der Waals surface area contributed by atoms with E-state index in [1.807, 2.05) is 12.3 Å². The number of urea groups is 1. The highest BCUT2D eigenvalue weighted by atomic mass is 79.9. The number of carbonyl (C=O) groups excluding carboxylic acids is 1. The molecule has 1 aromatic rings. The van der Waals surface area contributed by atoms with Crippen LogP contribution in [0.4, 0.5) is 10.5 Å². The number of aliphatic carboxylic acids is 1. The average molecular weight is 347 g/mol. The molecule has 2 amide bonds. The molecule has 5 nitrogen and oxygen atoms in total. The highest BCUT2D eigenvalue weighted by Gasteiger charge is 2.19. The van der Waals surface area contributed by atoms with Gasteiger partial charge < -0.3 is 15.7 Å². The Morgan fingerprint density at radius 3 is 2.79 bits per heavy atom. The van der Waals surface area contributed by atoms with Gasteiger partial charge in [-0.3, -0.25) is 0 Å². The van der Waals surface area contributed by atoms with Crippen LogP contribution >= 0.6 is 27.7 Å². The van der Waals surface area contributed by atoms with E-state index >= 15 is 0 Å². The second kappa shape index (κ2) is 8.06. The standard InChI is InChI=1S/C12H15BrN2O3S/c1-19-6-5-10(11(16)17)15-12(18)14-9-4-2-3-8(13)7-9/h2-4,7,10H,5-6H2,1H3,(H,16,17)(H2,14,15,18)/t10-/m0/s1. The summed E-state index contributed by atoms with van der Waals surface area (Å²) in [6.45, 7) is 0. The minimum atomic E-state index is -1.03. The Bertz CT molecular complexity index is 456. The lowest BCUT2D eigenvalue weighted by molar-refractivity contribution is -0.139. The average Bonchev–Trinajstić information content (AvgIpc) is 2.34. The molecule has 0 aliphatic rings. The number of carboxylic acid groups (broad SMARTS) is 1. The second-order valence-corrected chi connectivity index (χ2v) is 5.68. The van der Waals surface area contributed by atoms with Gasteiger partial charge in [0, 0.05) is 10.2 Å². The first-order valence-corrected chi connectivity index (χ1v) is 7.76. The smallest absolute Gasteiger partial charge is 0.326 e. The number of amides is 2. The van der Waals surface area contributed by atoms with E-state index in [-0.39, 0.29) is 0 Å². The van der Waals surface area contributed by atoms with Crippen molar-refractivity contribution in [1.29, 1.82) is 0 Å². The lowest BCUT2D eigenvalue weighted by Gasteiger charge is -2.14. The van der Waals surface area contributed by atoms with Gasteiger partial charge in [0.1, 0.15) is 6.04 Å². The van der Waals surface area contributed by atoms with Crippen molar-refractivity contribution >= 4 is 45.4 Å². The SMILES string of the molecule is CSCC[C@H](NC(=O)Nc1cccc(Br)c1)C(=O)O. The van der Waals surface area contributed by atoms with Crippen LogP contribution in [0.2, 0.25) is 0 Å². The van der Waals surface area contributed by atoms with Crippen LogP contribution in [0.1, 0.15) is 6.42 Å². The molecule has 19 heavy (non-hydrogen) atoms. The minimum absolute atomic E-state index is 0.391. The molecule has 0 fully saturated rings. The Hall–Kier alpha value is -1.21. The predicted molar refractivity (Wildman–Crippen MR) is 80.7 cm³/mol. The van der Waals surface area contributed by atoms with Crippen LogP contribution < -0.4 is 10.6 Å². The van der Waals surface area contributed by atoms with Gasteiger partial charge in [-0.2, -0.15) is 11.8 Å². The number of nitrogens with one attached hydrogen (secondary N) is 2. The number of rotatable bonds is 6. The van der Waals surface area contributed by atoms with E-state index in [9.17, 15) is 9.59 Å². The third-order valence-electron chi connectivity index (χ3n) is 2.30. The summed E-state index contributed by atoms with van der Waals surface area (Å²) in [6.07, 6.45) is 2.28. The van der Waals surface area contributed by atoms with Crippen LogP contribution in [-0.4, -0.2) is 35.2 Å². The topological polar surface area (TPSA) is 78.4 Å². The number of carbonyl (C=O) groups is 2. The van der Waals surface area contributed by atoms with Gasteiger partial charge in [0.05, 0.1) is 0 Å². The molecule has 0 bridgehead atoms. The molecule has 0 saturated carbocycles. The molecule has 0 aromatic heterocycles. The first-order valence-electron chi connectivity index (χ1n) is 5.57. The minimum Gasteiger partial charge on any atom is -0.480 e. The fraction of sp³-hybridized carbons (Fsp3) is 0.333. The molecule has 0 radical (unpaired) electrons. The van der Waals surface area contributed by atoms with Crippen LogP contribution in [0, 0.1) is 0 Å². The van der Waals surface area contributed by atoms with Crippen molar-refractivity contribution in [2.45, 2.75) is 12.5 Å². The van der Waals surface area contributed by atoms with E-state index in [4.69, 9.17) is 5.11 Å². The van der Waals surface area contributed by atoms with Crippen LogP contribution in [-0.2, 0) is 4.79 Å². The quantitative estimate of drug-likeness (QED) is 0.739. The van der Waals surface area contributed by atoms with Crippen molar-refractivity contribution in [2.24, 2.45) is 0 Å². The molecule has 1 rings (SSSR count). The van der Waals surface area contributed by atoms with Gasteiger partial charge in [-0.1, -0.05) is 22.0 Å². The number of thioether (sulfide) groups is 1.